The molecule has 9 nitrogen and oxygen atoms in total. The van der Waals surface area contributed by atoms with E-state index in [1.165, 1.54) is 19.1 Å². The highest BCUT2D eigenvalue weighted by atomic mass is 19.1. The number of nitrogens with zero attached hydrogens (tertiary/aromatic N) is 3. The van der Waals surface area contributed by atoms with Crippen molar-refractivity contribution in [2.24, 2.45) is 5.41 Å². The molecule has 3 fully saturated rings. The van der Waals surface area contributed by atoms with Crippen LogP contribution in [0.25, 0.3) is 0 Å². The first kappa shape index (κ1) is 24.3. The Morgan fingerprint density at radius 1 is 1.15 bits per heavy atom. The highest BCUT2D eigenvalue weighted by Gasteiger charge is 2.50. The number of carboxylic acid groups (broad SMARTS) is 1. The minimum atomic E-state index is -1.23. The summed E-state index contributed by atoms with van der Waals surface area (Å²) in [5.74, 6) is -0.657. The molecule has 1 aromatic carbocycles. The van der Waals surface area contributed by atoms with Crippen molar-refractivity contribution in [3.8, 4) is 0 Å². The van der Waals surface area contributed by atoms with Crippen LogP contribution in [0.1, 0.15) is 32.6 Å². The summed E-state index contributed by atoms with van der Waals surface area (Å²) in [6.45, 7) is 6.80. The van der Waals surface area contributed by atoms with E-state index in [1.807, 2.05) is 12.1 Å². The minimum Gasteiger partial charge on any atom is -0.465 e. The van der Waals surface area contributed by atoms with Crippen molar-refractivity contribution in [1.29, 1.82) is 0 Å². The number of rotatable bonds is 6. The molecule has 0 saturated carbocycles. The number of anilines is 1. The average molecular weight is 477 g/mol. The van der Waals surface area contributed by atoms with Crippen LogP contribution in [0.3, 0.4) is 0 Å². The molecule has 3 aliphatic rings. The predicted molar refractivity (Wildman–Crippen MR) is 123 cm³/mol. The molecule has 4 rings (SSSR count). The fraction of sp³-hybridized carbons (Fsp3) is 0.625. The summed E-state index contributed by atoms with van der Waals surface area (Å²) in [5, 5.41) is 11.0. The Hall–Kier alpha value is -2.88. The second kappa shape index (κ2) is 10.2. The number of nitrogens with one attached hydrogen (secondary N) is 1. The van der Waals surface area contributed by atoms with E-state index in [1.54, 1.807) is 4.90 Å². The van der Waals surface area contributed by atoms with Crippen LogP contribution in [0.2, 0.25) is 0 Å². The standard InChI is InChI=1S/C24H33FN4O5/c1-17(26-23(32)33)21(30)29-10-7-24(8-11-29)16-20(34-22(24)31)6-9-27-12-14-28(15-13-27)19-4-2-18(25)3-5-19/h2-5,17,20,26H,6-16H2,1H3,(H,32,33)/t17-,20-/m0/s1. The number of esters is 1. The van der Waals surface area contributed by atoms with E-state index >= 15 is 0 Å². The van der Waals surface area contributed by atoms with Crippen LogP contribution >= 0.6 is 0 Å². The third kappa shape index (κ3) is 5.43. The van der Waals surface area contributed by atoms with E-state index in [0.717, 1.165) is 44.8 Å². The summed E-state index contributed by atoms with van der Waals surface area (Å²) >= 11 is 0. The third-order valence-electron chi connectivity index (χ3n) is 7.40. The second-order valence-corrected chi connectivity index (χ2v) is 9.60. The number of halogens is 1. The number of likely N-dealkylation sites (tertiary alicyclic amines) is 1. The normalized spacial score (nSPS) is 23.6. The lowest BCUT2D eigenvalue weighted by Crippen LogP contribution is -2.51. The van der Waals surface area contributed by atoms with Gasteiger partial charge in [0.2, 0.25) is 5.91 Å². The van der Waals surface area contributed by atoms with E-state index in [4.69, 9.17) is 9.84 Å². The monoisotopic (exact) mass is 476 g/mol. The van der Waals surface area contributed by atoms with Gasteiger partial charge >= 0.3 is 12.1 Å². The molecule has 0 unspecified atom stereocenters. The van der Waals surface area contributed by atoms with Crippen LogP contribution in [0.5, 0.6) is 0 Å². The van der Waals surface area contributed by atoms with Gasteiger partial charge in [0, 0.05) is 57.9 Å². The molecule has 2 N–H and O–H groups in total. The Morgan fingerprint density at radius 3 is 2.41 bits per heavy atom. The van der Waals surface area contributed by atoms with E-state index in [0.29, 0.717) is 32.4 Å². The van der Waals surface area contributed by atoms with Crippen LogP contribution in [0.4, 0.5) is 14.9 Å². The first-order chi connectivity index (χ1) is 16.3. The Morgan fingerprint density at radius 2 is 1.79 bits per heavy atom. The Labute approximate surface area is 198 Å². The Balaban J connectivity index is 1.21. The molecule has 2 atom stereocenters. The highest BCUT2D eigenvalue weighted by molar-refractivity contribution is 5.85. The molecule has 2 amide bonds. The molecule has 0 aliphatic carbocycles. The van der Waals surface area contributed by atoms with Crippen molar-refractivity contribution in [2.75, 3.05) is 50.7 Å². The zero-order chi connectivity index (χ0) is 24.3. The van der Waals surface area contributed by atoms with Crippen LogP contribution in [0.15, 0.2) is 24.3 Å². The van der Waals surface area contributed by atoms with E-state index in [2.05, 4.69) is 15.1 Å². The second-order valence-electron chi connectivity index (χ2n) is 9.60. The maximum Gasteiger partial charge on any atom is 0.405 e. The lowest BCUT2D eigenvalue weighted by Gasteiger charge is -2.37. The first-order valence-corrected chi connectivity index (χ1v) is 12.0. The molecule has 3 aliphatic heterocycles. The topological polar surface area (TPSA) is 102 Å². The number of hydrogen-bond acceptors (Lipinski definition) is 6. The van der Waals surface area contributed by atoms with E-state index in [-0.39, 0.29) is 23.8 Å². The average Bonchev–Trinajstić information content (AvgIpc) is 3.12. The van der Waals surface area contributed by atoms with Gasteiger partial charge in [-0.15, -0.1) is 0 Å². The highest BCUT2D eigenvalue weighted by Crippen LogP contribution is 2.44. The molecule has 1 spiro atoms. The molecule has 0 aromatic heterocycles. The lowest BCUT2D eigenvalue weighted by molar-refractivity contribution is -0.152. The van der Waals surface area contributed by atoms with Crippen molar-refractivity contribution < 1.29 is 28.6 Å². The van der Waals surface area contributed by atoms with Crippen LogP contribution in [-0.4, -0.2) is 90.8 Å². The summed E-state index contributed by atoms with van der Waals surface area (Å²) in [6.07, 6.45) is 1.21. The number of hydrogen-bond donors (Lipinski definition) is 2. The van der Waals surface area contributed by atoms with Crippen molar-refractivity contribution >= 4 is 23.7 Å². The van der Waals surface area contributed by atoms with Crippen molar-refractivity contribution in [2.45, 2.75) is 44.8 Å². The number of carbonyl (C=O) groups is 3. The summed E-state index contributed by atoms with van der Waals surface area (Å²) < 4.78 is 18.9. The lowest BCUT2D eigenvalue weighted by atomic mass is 9.75. The van der Waals surface area contributed by atoms with Gasteiger partial charge in [0.1, 0.15) is 18.0 Å². The molecule has 10 heteroatoms. The fourth-order valence-electron chi connectivity index (χ4n) is 5.29. The van der Waals surface area contributed by atoms with Gasteiger partial charge < -0.3 is 25.0 Å². The van der Waals surface area contributed by atoms with Crippen LogP contribution < -0.4 is 10.2 Å². The quantitative estimate of drug-likeness (QED) is 0.605. The van der Waals surface area contributed by atoms with E-state index < -0.39 is 17.6 Å². The third-order valence-corrected chi connectivity index (χ3v) is 7.40. The smallest absolute Gasteiger partial charge is 0.405 e. The first-order valence-electron chi connectivity index (χ1n) is 12.0. The summed E-state index contributed by atoms with van der Waals surface area (Å²) in [5.41, 5.74) is 0.498. The number of amides is 2. The summed E-state index contributed by atoms with van der Waals surface area (Å²) in [4.78, 5) is 42.2. The zero-order valence-corrected chi connectivity index (χ0v) is 19.5. The summed E-state index contributed by atoms with van der Waals surface area (Å²) in [7, 11) is 0. The van der Waals surface area contributed by atoms with Gasteiger partial charge in [0.15, 0.2) is 0 Å². The van der Waals surface area contributed by atoms with Gasteiger partial charge in [-0.2, -0.15) is 0 Å². The summed E-state index contributed by atoms with van der Waals surface area (Å²) in [6, 6.07) is 5.79. The van der Waals surface area contributed by atoms with E-state index in [9.17, 15) is 18.8 Å². The Kier molecular flexibility index (Phi) is 7.25. The fourth-order valence-corrected chi connectivity index (χ4v) is 5.29. The largest absolute Gasteiger partial charge is 0.465 e. The molecule has 3 heterocycles. The molecule has 0 bridgehead atoms. The van der Waals surface area contributed by atoms with Gasteiger partial charge in [0.25, 0.3) is 0 Å². The maximum atomic E-state index is 13.1. The molecular formula is C24H33FN4O5. The van der Waals surface area contributed by atoms with Crippen molar-refractivity contribution in [1.82, 2.24) is 15.1 Å². The number of carbonyl (C=O) groups excluding carboxylic acids is 2. The van der Waals surface area contributed by atoms with Gasteiger partial charge in [0.05, 0.1) is 5.41 Å². The van der Waals surface area contributed by atoms with Crippen molar-refractivity contribution in [3.05, 3.63) is 30.1 Å². The number of ether oxygens (including phenoxy) is 1. The number of piperazine rings is 1. The molecule has 0 radical (unpaired) electrons. The molecular weight excluding hydrogens is 443 g/mol. The SMILES string of the molecule is C[C@H](NC(=O)O)C(=O)N1CCC2(CC1)C[C@H](CCN1CCN(c3ccc(F)cc3)CC1)OC2=O. The van der Waals surface area contributed by atoms with Gasteiger partial charge in [-0.3, -0.25) is 14.5 Å². The van der Waals surface area contributed by atoms with Crippen LogP contribution in [-0.2, 0) is 14.3 Å². The van der Waals surface area contributed by atoms with Crippen molar-refractivity contribution in [3.63, 3.8) is 0 Å². The molecule has 186 valence electrons. The maximum absolute atomic E-state index is 13.1. The minimum absolute atomic E-state index is 0.113. The zero-order valence-electron chi connectivity index (χ0n) is 19.5. The number of piperidine rings is 1. The predicted octanol–water partition coefficient (Wildman–Crippen LogP) is 1.92. The number of benzene rings is 1. The van der Waals surface area contributed by atoms with Gasteiger partial charge in [-0.1, -0.05) is 0 Å². The van der Waals surface area contributed by atoms with Gasteiger partial charge in [-0.05, 0) is 50.5 Å². The molecule has 3 saturated heterocycles. The Bertz CT molecular complexity index is 895. The van der Waals surface area contributed by atoms with Crippen LogP contribution in [0, 0.1) is 11.2 Å². The number of cyclic esters (lactones) is 1. The molecule has 1 aromatic rings. The molecule has 34 heavy (non-hydrogen) atoms. The van der Waals surface area contributed by atoms with Gasteiger partial charge in [-0.25, -0.2) is 9.18 Å².